The maximum atomic E-state index is 12.2. The number of carbonyl (C=O) groups is 2. The molecule has 29 heavy (non-hydrogen) atoms. The average Bonchev–Trinajstić information content (AvgIpc) is 2.67. The number of hydrogen-bond acceptors (Lipinski definition) is 6. The highest BCUT2D eigenvalue weighted by Gasteiger charge is 2.20. The predicted octanol–water partition coefficient (Wildman–Crippen LogP) is 2.86. The zero-order valence-corrected chi connectivity index (χ0v) is 16.7. The summed E-state index contributed by atoms with van der Waals surface area (Å²) in [5.41, 5.74) is 1.69. The number of aliphatic carboxylic acids is 1. The zero-order chi connectivity index (χ0) is 21.3. The molecule has 0 saturated heterocycles. The van der Waals surface area contributed by atoms with E-state index in [0.29, 0.717) is 0 Å². The minimum atomic E-state index is -3.97. The first-order valence-corrected chi connectivity index (χ1v) is 10.3. The minimum Gasteiger partial charge on any atom is -0.481 e. The van der Waals surface area contributed by atoms with Gasteiger partial charge in [-0.3, -0.25) is 8.98 Å². The van der Waals surface area contributed by atoms with E-state index in [1.54, 1.807) is 36.4 Å². The van der Waals surface area contributed by atoms with Crippen LogP contribution in [0.2, 0.25) is 0 Å². The molecule has 0 aliphatic carbocycles. The van der Waals surface area contributed by atoms with E-state index in [0.717, 1.165) is 11.1 Å². The van der Waals surface area contributed by atoms with Crippen molar-refractivity contribution in [2.45, 2.75) is 37.3 Å². The Hall–Kier alpha value is -2.91. The molecule has 2 aromatic carbocycles. The number of amides is 1. The second kappa shape index (κ2) is 10.6. The zero-order valence-electron chi connectivity index (χ0n) is 15.9. The molecule has 156 valence electrons. The third kappa shape index (κ3) is 7.92. The quantitative estimate of drug-likeness (QED) is 0.566. The molecule has 2 aromatic rings. The largest absolute Gasteiger partial charge is 0.481 e. The molecule has 0 unspecified atom stereocenters. The van der Waals surface area contributed by atoms with E-state index in [4.69, 9.17) is 14.0 Å². The van der Waals surface area contributed by atoms with Crippen LogP contribution in [-0.2, 0) is 30.4 Å². The van der Waals surface area contributed by atoms with Crippen LogP contribution in [0.3, 0.4) is 0 Å². The molecule has 2 N–H and O–H groups in total. The van der Waals surface area contributed by atoms with Crippen LogP contribution in [0.25, 0.3) is 0 Å². The number of carbonyl (C=O) groups excluding carboxylic acids is 1. The molecule has 0 fully saturated rings. The van der Waals surface area contributed by atoms with Crippen molar-refractivity contribution in [3.63, 3.8) is 0 Å². The molecule has 0 radical (unpaired) electrons. The molecule has 0 saturated carbocycles. The van der Waals surface area contributed by atoms with E-state index in [9.17, 15) is 18.0 Å². The van der Waals surface area contributed by atoms with Crippen molar-refractivity contribution in [1.29, 1.82) is 0 Å². The minimum absolute atomic E-state index is 0.00751. The molecule has 0 heterocycles. The van der Waals surface area contributed by atoms with Crippen LogP contribution in [0, 0.1) is 6.92 Å². The van der Waals surface area contributed by atoms with Crippen LogP contribution >= 0.6 is 0 Å². The van der Waals surface area contributed by atoms with Crippen molar-refractivity contribution in [1.82, 2.24) is 5.32 Å². The van der Waals surface area contributed by atoms with Gasteiger partial charge in [0.1, 0.15) is 6.61 Å². The van der Waals surface area contributed by atoms with Crippen molar-refractivity contribution >= 4 is 22.2 Å². The Morgan fingerprint density at radius 1 is 1.07 bits per heavy atom. The predicted molar refractivity (Wildman–Crippen MR) is 105 cm³/mol. The van der Waals surface area contributed by atoms with Crippen LogP contribution in [0.1, 0.15) is 24.0 Å². The normalized spacial score (nSPS) is 12.2. The lowest BCUT2D eigenvalue weighted by Crippen LogP contribution is -2.37. The van der Waals surface area contributed by atoms with Crippen molar-refractivity contribution in [3.8, 4) is 0 Å². The Morgan fingerprint density at radius 2 is 1.72 bits per heavy atom. The van der Waals surface area contributed by atoms with Gasteiger partial charge >= 0.3 is 12.1 Å². The van der Waals surface area contributed by atoms with Gasteiger partial charge in [0.2, 0.25) is 0 Å². The number of ether oxygens (including phenoxy) is 1. The van der Waals surface area contributed by atoms with E-state index in [1.807, 2.05) is 13.0 Å². The summed E-state index contributed by atoms with van der Waals surface area (Å²) in [6, 6.07) is 14.3. The van der Waals surface area contributed by atoms with Crippen molar-refractivity contribution in [3.05, 3.63) is 65.7 Å². The number of hydrogen-bond donors (Lipinski definition) is 2. The maximum Gasteiger partial charge on any atom is 0.407 e. The fourth-order valence-electron chi connectivity index (χ4n) is 2.44. The van der Waals surface area contributed by atoms with Gasteiger partial charge in [0.25, 0.3) is 10.1 Å². The van der Waals surface area contributed by atoms with Gasteiger partial charge in [0, 0.05) is 6.04 Å². The van der Waals surface area contributed by atoms with Gasteiger partial charge in [0.05, 0.1) is 17.9 Å². The Kier molecular flexibility index (Phi) is 8.17. The number of nitrogens with one attached hydrogen (secondary N) is 1. The third-order valence-electron chi connectivity index (χ3n) is 3.97. The standard InChI is InChI=1S/C20H23NO7S/c1-15-7-9-18(10-8-15)29(25,26)28-12-11-17(13-19(22)23)21-20(24)27-14-16-5-3-2-4-6-16/h2-10,17H,11-14H2,1H3,(H,21,24)(H,22,23)/t17-/m0/s1. The second-order valence-corrected chi connectivity index (χ2v) is 7.99. The highest BCUT2D eigenvalue weighted by molar-refractivity contribution is 7.86. The van der Waals surface area contributed by atoms with Crippen LogP contribution in [-0.4, -0.2) is 38.2 Å². The lowest BCUT2D eigenvalue weighted by atomic mass is 10.1. The van der Waals surface area contributed by atoms with E-state index < -0.39 is 34.6 Å². The molecule has 2 rings (SSSR count). The summed E-state index contributed by atoms with van der Waals surface area (Å²) >= 11 is 0. The molecule has 0 aromatic heterocycles. The van der Waals surface area contributed by atoms with Crippen LogP contribution in [0.5, 0.6) is 0 Å². The second-order valence-electron chi connectivity index (χ2n) is 6.38. The summed E-state index contributed by atoms with van der Waals surface area (Å²) in [5, 5.41) is 11.5. The van der Waals surface area contributed by atoms with Crippen LogP contribution in [0.4, 0.5) is 4.79 Å². The van der Waals surface area contributed by atoms with E-state index in [1.165, 1.54) is 12.1 Å². The lowest BCUT2D eigenvalue weighted by molar-refractivity contribution is -0.137. The SMILES string of the molecule is Cc1ccc(S(=O)(=O)OCC[C@@H](CC(=O)O)NC(=O)OCc2ccccc2)cc1. The van der Waals surface area contributed by atoms with Crippen molar-refractivity contribution in [2.24, 2.45) is 0 Å². The number of alkyl carbamates (subject to hydrolysis) is 1. The van der Waals surface area contributed by atoms with E-state index >= 15 is 0 Å². The average molecular weight is 421 g/mol. The molecule has 8 nitrogen and oxygen atoms in total. The van der Waals surface area contributed by atoms with Gasteiger partial charge in [0.15, 0.2) is 0 Å². The van der Waals surface area contributed by atoms with Gasteiger partial charge in [-0.15, -0.1) is 0 Å². The first kappa shape index (κ1) is 22.4. The van der Waals surface area contributed by atoms with Gasteiger partial charge in [-0.1, -0.05) is 48.0 Å². The molecule has 0 aliphatic rings. The summed E-state index contributed by atoms with van der Waals surface area (Å²) in [5.74, 6) is -1.14. The van der Waals surface area contributed by atoms with Gasteiger partial charge in [-0.05, 0) is 31.0 Å². The monoisotopic (exact) mass is 421 g/mol. The Balaban J connectivity index is 1.86. The number of benzene rings is 2. The van der Waals surface area contributed by atoms with Gasteiger partial charge in [-0.2, -0.15) is 8.42 Å². The van der Waals surface area contributed by atoms with Gasteiger partial charge in [-0.25, -0.2) is 4.79 Å². The molecular formula is C20H23NO7S. The van der Waals surface area contributed by atoms with Crippen molar-refractivity contribution in [2.75, 3.05) is 6.61 Å². The Bertz CT molecular complexity index is 912. The lowest BCUT2D eigenvalue weighted by Gasteiger charge is -2.17. The van der Waals surface area contributed by atoms with Crippen LogP contribution in [0.15, 0.2) is 59.5 Å². The summed E-state index contributed by atoms with van der Waals surface area (Å²) in [4.78, 5) is 23.0. The van der Waals surface area contributed by atoms with Crippen LogP contribution < -0.4 is 5.32 Å². The molecule has 1 amide bonds. The third-order valence-corrected chi connectivity index (χ3v) is 5.30. The smallest absolute Gasteiger partial charge is 0.407 e. The molecular weight excluding hydrogens is 398 g/mol. The molecule has 0 spiro atoms. The summed E-state index contributed by atoms with van der Waals surface area (Å²) in [6.45, 7) is 1.58. The number of aryl methyl sites for hydroxylation is 1. The van der Waals surface area contributed by atoms with Gasteiger partial charge < -0.3 is 15.2 Å². The summed E-state index contributed by atoms with van der Waals surface area (Å²) in [6.07, 6.45) is -1.20. The fraction of sp³-hybridized carbons (Fsp3) is 0.300. The first-order chi connectivity index (χ1) is 13.8. The first-order valence-electron chi connectivity index (χ1n) is 8.91. The van der Waals surface area contributed by atoms with E-state index in [2.05, 4.69) is 5.32 Å². The molecule has 0 aliphatic heterocycles. The molecule has 0 bridgehead atoms. The molecule has 1 atom stereocenters. The highest BCUT2D eigenvalue weighted by Crippen LogP contribution is 2.14. The number of carboxylic acid groups (broad SMARTS) is 1. The molecule has 9 heteroatoms. The number of carboxylic acids is 1. The topological polar surface area (TPSA) is 119 Å². The Labute approximate surface area is 169 Å². The Morgan fingerprint density at radius 3 is 2.34 bits per heavy atom. The highest BCUT2D eigenvalue weighted by atomic mass is 32.2. The number of rotatable bonds is 10. The van der Waals surface area contributed by atoms with E-state index in [-0.39, 0.29) is 24.5 Å². The summed E-state index contributed by atoms with van der Waals surface area (Å²) in [7, 11) is -3.97. The van der Waals surface area contributed by atoms with Crippen molar-refractivity contribution < 1.29 is 32.0 Å². The maximum absolute atomic E-state index is 12.2. The fourth-order valence-corrected chi connectivity index (χ4v) is 3.36. The summed E-state index contributed by atoms with van der Waals surface area (Å²) < 4.78 is 34.4.